The molecule has 25 heavy (non-hydrogen) atoms. The number of aromatic nitrogens is 1. The molecular weight excluding hydrogens is 316 g/mol. The van der Waals surface area contributed by atoms with Gasteiger partial charge in [-0.05, 0) is 48.7 Å². The molecule has 0 saturated carbocycles. The van der Waals surface area contributed by atoms with E-state index in [9.17, 15) is 9.59 Å². The van der Waals surface area contributed by atoms with E-state index in [1.54, 1.807) is 24.5 Å². The number of benzene rings is 1. The van der Waals surface area contributed by atoms with Gasteiger partial charge in [0.15, 0.2) is 5.76 Å². The summed E-state index contributed by atoms with van der Waals surface area (Å²) in [5.41, 5.74) is 3.87. The van der Waals surface area contributed by atoms with Crippen molar-refractivity contribution in [1.29, 1.82) is 0 Å². The van der Waals surface area contributed by atoms with Gasteiger partial charge in [-0.2, -0.15) is 0 Å². The minimum absolute atomic E-state index is 0.0167. The van der Waals surface area contributed by atoms with Gasteiger partial charge in [-0.15, -0.1) is 0 Å². The normalized spacial score (nSPS) is 11.8. The fraction of sp³-hybridized carbons (Fsp3) is 0.150. The molecule has 126 valence electrons. The summed E-state index contributed by atoms with van der Waals surface area (Å²) in [5, 5.41) is 2.81. The Bertz CT molecular complexity index is 887. The van der Waals surface area contributed by atoms with Gasteiger partial charge in [0.2, 0.25) is 0 Å². The van der Waals surface area contributed by atoms with E-state index in [0.29, 0.717) is 0 Å². The molecule has 0 unspecified atom stereocenters. The SMILES string of the molecule is Cc1ccc([C@H](NC(=O)C(=O)c2ccco2)c2cccnc2)c(C)c1. The Morgan fingerprint density at radius 3 is 2.60 bits per heavy atom. The first-order valence-electron chi connectivity index (χ1n) is 7.92. The minimum atomic E-state index is -0.719. The fourth-order valence-electron chi connectivity index (χ4n) is 2.75. The van der Waals surface area contributed by atoms with Crippen molar-refractivity contribution in [3.05, 3.63) is 89.1 Å². The molecule has 2 heterocycles. The van der Waals surface area contributed by atoms with E-state index in [1.165, 1.54) is 12.3 Å². The molecule has 3 aromatic rings. The number of hydrogen-bond donors (Lipinski definition) is 1. The van der Waals surface area contributed by atoms with E-state index in [4.69, 9.17) is 4.42 Å². The Morgan fingerprint density at radius 1 is 1.12 bits per heavy atom. The van der Waals surface area contributed by atoms with E-state index in [1.807, 2.05) is 38.1 Å². The lowest BCUT2D eigenvalue weighted by Gasteiger charge is -2.21. The van der Waals surface area contributed by atoms with E-state index in [-0.39, 0.29) is 5.76 Å². The van der Waals surface area contributed by atoms with Crippen LogP contribution in [0.3, 0.4) is 0 Å². The van der Waals surface area contributed by atoms with E-state index < -0.39 is 17.7 Å². The monoisotopic (exact) mass is 334 g/mol. The first-order chi connectivity index (χ1) is 12.1. The molecule has 0 bridgehead atoms. The van der Waals surface area contributed by atoms with Gasteiger partial charge in [0.1, 0.15) is 0 Å². The van der Waals surface area contributed by atoms with Crippen molar-refractivity contribution < 1.29 is 14.0 Å². The first-order valence-corrected chi connectivity index (χ1v) is 7.92. The van der Waals surface area contributed by atoms with Crippen LogP contribution >= 0.6 is 0 Å². The maximum absolute atomic E-state index is 12.4. The lowest BCUT2D eigenvalue weighted by Crippen LogP contribution is -2.35. The number of nitrogens with zero attached hydrogens (tertiary/aromatic N) is 1. The molecule has 3 rings (SSSR count). The van der Waals surface area contributed by atoms with E-state index >= 15 is 0 Å². The quantitative estimate of drug-likeness (QED) is 0.573. The average molecular weight is 334 g/mol. The number of pyridine rings is 1. The van der Waals surface area contributed by atoms with E-state index in [2.05, 4.69) is 10.3 Å². The molecule has 0 saturated heterocycles. The zero-order chi connectivity index (χ0) is 17.8. The number of ketones is 1. The van der Waals surface area contributed by atoms with Crippen molar-refractivity contribution in [2.75, 3.05) is 0 Å². The molecule has 0 aliphatic carbocycles. The largest absolute Gasteiger partial charge is 0.461 e. The third-order valence-corrected chi connectivity index (χ3v) is 3.98. The molecule has 1 amide bonds. The highest BCUT2D eigenvalue weighted by Gasteiger charge is 2.25. The maximum Gasteiger partial charge on any atom is 0.296 e. The summed E-state index contributed by atoms with van der Waals surface area (Å²) < 4.78 is 5.03. The maximum atomic E-state index is 12.4. The number of hydrogen-bond acceptors (Lipinski definition) is 4. The second kappa shape index (κ2) is 7.13. The van der Waals surface area contributed by atoms with Crippen LogP contribution in [0, 0.1) is 13.8 Å². The number of furan rings is 1. The molecule has 0 aliphatic rings. The lowest BCUT2D eigenvalue weighted by atomic mass is 9.94. The van der Waals surface area contributed by atoms with Gasteiger partial charge < -0.3 is 9.73 Å². The molecule has 0 spiro atoms. The number of aryl methyl sites for hydroxylation is 2. The molecule has 0 aliphatic heterocycles. The summed E-state index contributed by atoms with van der Waals surface area (Å²) in [4.78, 5) is 28.8. The summed E-state index contributed by atoms with van der Waals surface area (Å²) in [6.07, 6.45) is 4.71. The van der Waals surface area contributed by atoms with Gasteiger partial charge in [0.25, 0.3) is 11.7 Å². The van der Waals surface area contributed by atoms with Crippen LogP contribution in [-0.2, 0) is 4.79 Å². The minimum Gasteiger partial charge on any atom is -0.461 e. The zero-order valence-corrected chi connectivity index (χ0v) is 14.0. The highest BCUT2D eigenvalue weighted by atomic mass is 16.3. The van der Waals surface area contributed by atoms with Crippen LogP contribution < -0.4 is 5.32 Å². The molecule has 1 atom stereocenters. The number of rotatable bonds is 5. The predicted molar refractivity (Wildman–Crippen MR) is 93.2 cm³/mol. The van der Waals surface area contributed by atoms with Crippen LogP contribution in [0.15, 0.2) is 65.5 Å². The molecule has 1 N–H and O–H groups in total. The van der Waals surface area contributed by atoms with E-state index in [0.717, 1.165) is 22.3 Å². The van der Waals surface area contributed by atoms with Gasteiger partial charge in [-0.1, -0.05) is 29.8 Å². The highest BCUT2D eigenvalue weighted by Crippen LogP contribution is 2.25. The number of carbonyl (C=O) groups is 2. The van der Waals surface area contributed by atoms with Crippen molar-refractivity contribution in [2.24, 2.45) is 0 Å². The molecule has 5 nitrogen and oxygen atoms in total. The van der Waals surface area contributed by atoms with Gasteiger partial charge in [-0.3, -0.25) is 14.6 Å². The molecular formula is C20H18N2O3. The third-order valence-electron chi connectivity index (χ3n) is 3.98. The van der Waals surface area contributed by atoms with Gasteiger partial charge >= 0.3 is 0 Å². The second-order valence-electron chi connectivity index (χ2n) is 5.86. The Hall–Kier alpha value is -3.21. The summed E-state index contributed by atoms with van der Waals surface area (Å²) in [6.45, 7) is 3.99. The average Bonchev–Trinajstić information content (AvgIpc) is 3.15. The predicted octanol–water partition coefficient (Wildman–Crippen LogP) is 3.38. The molecule has 1 aromatic carbocycles. The van der Waals surface area contributed by atoms with Crippen molar-refractivity contribution >= 4 is 11.7 Å². The zero-order valence-electron chi connectivity index (χ0n) is 14.0. The van der Waals surface area contributed by atoms with Crippen LogP contribution in [0.25, 0.3) is 0 Å². The molecule has 0 fully saturated rings. The standard InChI is InChI=1S/C20H18N2O3/c1-13-7-8-16(14(2)11-13)18(15-5-3-9-21-12-15)22-20(24)19(23)17-6-4-10-25-17/h3-12,18H,1-2H3,(H,22,24)/t18-/m1/s1. The Kier molecular flexibility index (Phi) is 4.75. The van der Waals surface area contributed by atoms with Crippen LogP contribution in [0.1, 0.15) is 38.9 Å². The highest BCUT2D eigenvalue weighted by molar-refractivity contribution is 6.42. The van der Waals surface area contributed by atoms with Crippen molar-refractivity contribution in [3.63, 3.8) is 0 Å². The second-order valence-corrected chi connectivity index (χ2v) is 5.86. The molecule has 5 heteroatoms. The molecule has 2 aromatic heterocycles. The topological polar surface area (TPSA) is 72.2 Å². The summed E-state index contributed by atoms with van der Waals surface area (Å²) in [6, 6.07) is 12.2. The number of Topliss-reactive ketones (excluding diaryl/α,β-unsaturated/α-hetero) is 1. The van der Waals surface area contributed by atoms with Crippen molar-refractivity contribution in [1.82, 2.24) is 10.3 Å². The van der Waals surface area contributed by atoms with Crippen LogP contribution in [-0.4, -0.2) is 16.7 Å². The van der Waals surface area contributed by atoms with Gasteiger partial charge in [-0.25, -0.2) is 0 Å². The number of nitrogens with one attached hydrogen (secondary N) is 1. The van der Waals surface area contributed by atoms with Crippen molar-refractivity contribution in [3.8, 4) is 0 Å². The van der Waals surface area contributed by atoms with Crippen LogP contribution in [0.5, 0.6) is 0 Å². The van der Waals surface area contributed by atoms with Gasteiger partial charge in [0, 0.05) is 12.4 Å². The fourth-order valence-corrected chi connectivity index (χ4v) is 2.75. The summed E-state index contributed by atoms with van der Waals surface area (Å²) >= 11 is 0. The van der Waals surface area contributed by atoms with Gasteiger partial charge in [0.05, 0.1) is 12.3 Å². The smallest absolute Gasteiger partial charge is 0.296 e. The van der Waals surface area contributed by atoms with Crippen molar-refractivity contribution in [2.45, 2.75) is 19.9 Å². The Morgan fingerprint density at radius 2 is 1.96 bits per heavy atom. The number of carbonyl (C=O) groups excluding carboxylic acids is 2. The lowest BCUT2D eigenvalue weighted by molar-refractivity contribution is -0.117. The number of amides is 1. The third kappa shape index (κ3) is 3.66. The molecule has 0 radical (unpaired) electrons. The van der Waals surface area contributed by atoms with Crippen LogP contribution in [0.2, 0.25) is 0 Å². The first kappa shape index (κ1) is 16.6. The van der Waals surface area contributed by atoms with Crippen LogP contribution in [0.4, 0.5) is 0 Å². The Balaban J connectivity index is 1.95. The Labute approximate surface area is 145 Å². The summed E-state index contributed by atoms with van der Waals surface area (Å²) in [7, 11) is 0. The summed E-state index contributed by atoms with van der Waals surface area (Å²) in [5.74, 6) is -1.41.